The molecule has 0 unspecified atom stereocenters. The molecule has 0 aliphatic carbocycles. The van der Waals surface area contributed by atoms with Gasteiger partial charge >= 0.3 is 5.97 Å². The Labute approximate surface area is 109 Å². The van der Waals surface area contributed by atoms with Crippen LogP contribution >= 0.6 is 0 Å². The number of ether oxygens (including phenoxy) is 1. The Morgan fingerprint density at radius 3 is 2.79 bits per heavy atom. The number of hydrogen-bond acceptors (Lipinski definition) is 6. The first-order chi connectivity index (χ1) is 9.06. The Bertz CT molecular complexity index is 563. The average molecular weight is 263 g/mol. The summed E-state index contributed by atoms with van der Waals surface area (Å²) >= 11 is 0. The molecule has 7 nitrogen and oxygen atoms in total. The van der Waals surface area contributed by atoms with Gasteiger partial charge in [-0.2, -0.15) is 4.98 Å². The van der Waals surface area contributed by atoms with Crippen molar-refractivity contribution < 1.29 is 19.2 Å². The molecule has 2 aromatic heterocycles. The van der Waals surface area contributed by atoms with Crippen molar-refractivity contribution in [2.45, 2.75) is 26.4 Å². The third kappa shape index (κ3) is 3.27. The van der Waals surface area contributed by atoms with E-state index in [4.69, 9.17) is 14.4 Å². The smallest absolute Gasteiger partial charge is 0.354 e. The fourth-order valence-corrected chi connectivity index (χ4v) is 1.30. The summed E-state index contributed by atoms with van der Waals surface area (Å²) in [5.41, 5.74) is -0.0350. The number of carboxylic acid groups (broad SMARTS) is 1. The largest absolute Gasteiger partial charge is 0.482 e. The van der Waals surface area contributed by atoms with Crippen molar-refractivity contribution in [1.82, 2.24) is 15.1 Å². The highest BCUT2D eigenvalue weighted by molar-refractivity contribution is 5.85. The summed E-state index contributed by atoms with van der Waals surface area (Å²) < 4.78 is 10.4. The summed E-state index contributed by atoms with van der Waals surface area (Å²) in [7, 11) is 0. The van der Waals surface area contributed by atoms with Crippen molar-refractivity contribution in [3.05, 3.63) is 35.7 Å². The van der Waals surface area contributed by atoms with Crippen LogP contribution in [-0.4, -0.2) is 26.2 Å². The van der Waals surface area contributed by atoms with Gasteiger partial charge in [-0.05, 0) is 12.1 Å². The van der Waals surface area contributed by atoms with Gasteiger partial charge in [0.1, 0.15) is 11.4 Å². The highest BCUT2D eigenvalue weighted by Gasteiger charge is 2.10. The van der Waals surface area contributed by atoms with Crippen molar-refractivity contribution in [3.8, 4) is 5.75 Å². The van der Waals surface area contributed by atoms with Gasteiger partial charge < -0.3 is 14.4 Å². The second kappa shape index (κ2) is 5.47. The molecule has 0 aliphatic heterocycles. The quantitative estimate of drug-likeness (QED) is 0.878. The van der Waals surface area contributed by atoms with Crippen LogP contribution in [0.15, 0.2) is 22.9 Å². The van der Waals surface area contributed by atoms with Crippen molar-refractivity contribution in [1.29, 1.82) is 0 Å². The van der Waals surface area contributed by atoms with E-state index in [1.165, 1.54) is 18.3 Å². The Hall–Kier alpha value is -2.44. The number of carboxylic acids is 1. The van der Waals surface area contributed by atoms with Gasteiger partial charge in [0.25, 0.3) is 5.89 Å². The summed E-state index contributed by atoms with van der Waals surface area (Å²) in [5.74, 6) is 0.539. The monoisotopic (exact) mass is 263 g/mol. The molecule has 0 fully saturated rings. The van der Waals surface area contributed by atoms with Crippen LogP contribution in [0.3, 0.4) is 0 Å². The molecule has 2 aromatic rings. The number of pyridine rings is 1. The third-order valence-electron chi connectivity index (χ3n) is 2.32. The lowest BCUT2D eigenvalue weighted by atomic mass is 10.2. The molecule has 100 valence electrons. The predicted molar refractivity (Wildman–Crippen MR) is 63.9 cm³/mol. The van der Waals surface area contributed by atoms with Gasteiger partial charge in [-0.1, -0.05) is 19.0 Å². The Morgan fingerprint density at radius 1 is 1.47 bits per heavy atom. The molecule has 0 aliphatic rings. The molecule has 19 heavy (non-hydrogen) atoms. The van der Waals surface area contributed by atoms with Crippen molar-refractivity contribution >= 4 is 5.97 Å². The Kier molecular flexibility index (Phi) is 3.74. The van der Waals surface area contributed by atoms with Gasteiger partial charge in [-0.15, -0.1) is 0 Å². The van der Waals surface area contributed by atoms with Crippen LogP contribution in [-0.2, 0) is 6.61 Å². The lowest BCUT2D eigenvalue weighted by molar-refractivity contribution is 0.0690. The fourth-order valence-electron chi connectivity index (χ4n) is 1.30. The fraction of sp³-hybridized carbons (Fsp3) is 0.333. The molecule has 2 rings (SSSR count). The van der Waals surface area contributed by atoms with Gasteiger partial charge in [0.15, 0.2) is 12.4 Å². The van der Waals surface area contributed by atoms with Crippen molar-refractivity contribution in [2.75, 3.05) is 0 Å². The van der Waals surface area contributed by atoms with Gasteiger partial charge in [-0.3, -0.25) is 0 Å². The molecule has 0 radical (unpaired) electrons. The zero-order valence-electron chi connectivity index (χ0n) is 10.5. The molecule has 0 saturated heterocycles. The van der Waals surface area contributed by atoms with Gasteiger partial charge in [0.05, 0.1) is 6.20 Å². The zero-order valence-corrected chi connectivity index (χ0v) is 10.5. The minimum atomic E-state index is -1.08. The second-order valence-corrected chi connectivity index (χ2v) is 4.17. The van der Waals surface area contributed by atoms with E-state index in [0.717, 1.165) is 0 Å². The number of hydrogen-bond donors (Lipinski definition) is 1. The van der Waals surface area contributed by atoms with Gasteiger partial charge in [0, 0.05) is 5.92 Å². The highest BCUT2D eigenvalue weighted by Crippen LogP contribution is 2.13. The number of nitrogens with zero attached hydrogens (tertiary/aromatic N) is 3. The van der Waals surface area contributed by atoms with E-state index in [1.54, 1.807) is 0 Å². The summed E-state index contributed by atoms with van der Waals surface area (Å²) in [6.07, 6.45) is 1.34. The molecule has 0 bridgehead atoms. The maximum absolute atomic E-state index is 10.6. The van der Waals surface area contributed by atoms with Crippen molar-refractivity contribution in [2.24, 2.45) is 0 Å². The minimum Gasteiger partial charge on any atom is -0.482 e. The van der Waals surface area contributed by atoms with E-state index in [1.807, 2.05) is 13.8 Å². The Balaban J connectivity index is 1.96. The van der Waals surface area contributed by atoms with E-state index in [0.29, 0.717) is 17.5 Å². The number of aromatic carboxylic acids is 1. The normalized spacial score (nSPS) is 10.7. The number of carbonyl (C=O) groups is 1. The lowest BCUT2D eigenvalue weighted by Crippen LogP contribution is -2.01. The van der Waals surface area contributed by atoms with E-state index in [9.17, 15) is 4.79 Å². The maximum Gasteiger partial charge on any atom is 0.354 e. The summed E-state index contributed by atoms with van der Waals surface area (Å²) in [6, 6.07) is 2.89. The van der Waals surface area contributed by atoms with Crippen LogP contribution in [0.4, 0.5) is 0 Å². The lowest BCUT2D eigenvalue weighted by Gasteiger charge is -2.02. The number of rotatable bonds is 5. The molecular formula is C12H13N3O4. The zero-order chi connectivity index (χ0) is 13.8. The van der Waals surface area contributed by atoms with Crippen LogP contribution in [0.2, 0.25) is 0 Å². The molecule has 1 N–H and O–H groups in total. The first kappa shape index (κ1) is 13.0. The standard InChI is InChI=1S/C12H13N3O4/c1-7(2)11-14-10(19-15-11)6-18-8-3-4-9(12(16)17)13-5-8/h3-5,7H,6H2,1-2H3,(H,16,17). The summed E-state index contributed by atoms with van der Waals surface area (Å²) in [6.45, 7) is 4.04. The van der Waals surface area contributed by atoms with Crippen LogP contribution in [0, 0.1) is 0 Å². The van der Waals surface area contributed by atoms with Crippen molar-refractivity contribution in [3.63, 3.8) is 0 Å². The summed E-state index contributed by atoms with van der Waals surface area (Å²) in [5, 5.41) is 12.5. The van der Waals surface area contributed by atoms with E-state index >= 15 is 0 Å². The highest BCUT2D eigenvalue weighted by atomic mass is 16.5. The number of aromatic nitrogens is 3. The Morgan fingerprint density at radius 2 is 2.26 bits per heavy atom. The van der Waals surface area contributed by atoms with Crippen LogP contribution < -0.4 is 4.74 Å². The first-order valence-electron chi connectivity index (χ1n) is 5.71. The molecule has 0 atom stereocenters. The van der Waals surface area contributed by atoms with Crippen LogP contribution in [0.1, 0.15) is 42.0 Å². The van der Waals surface area contributed by atoms with E-state index in [2.05, 4.69) is 15.1 Å². The van der Waals surface area contributed by atoms with Crippen LogP contribution in [0.25, 0.3) is 0 Å². The molecular weight excluding hydrogens is 250 g/mol. The first-order valence-corrected chi connectivity index (χ1v) is 5.71. The SMILES string of the molecule is CC(C)c1noc(COc2ccc(C(=O)O)nc2)n1. The van der Waals surface area contributed by atoms with E-state index < -0.39 is 5.97 Å². The third-order valence-corrected chi connectivity index (χ3v) is 2.32. The topological polar surface area (TPSA) is 98.3 Å². The maximum atomic E-state index is 10.6. The molecule has 0 spiro atoms. The van der Waals surface area contributed by atoms with Gasteiger partial charge in [-0.25, -0.2) is 9.78 Å². The molecule has 7 heteroatoms. The molecule has 2 heterocycles. The summed E-state index contributed by atoms with van der Waals surface area (Å²) in [4.78, 5) is 18.5. The molecule has 0 saturated carbocycles. The van der Waals surface area contributed by atoms with Gasteiger partial charge in [0.2, 0.25) is 0 Å². The second-order valence-electron chi connectivity index (χ2n) is 4.17. The van der Waals surface area contributed by atoms with E-state index in [-0.39, 0.29) is 18.2 Å². The predicted octanol–water partition coefficient (Wildman–Crippen LogP) is 1.87. The van der Waals surface area contributed by atoms with Crippen LogP contribution in [0.5, 0.6) is 5.75 Å². The molecule has 0 aromatic carbocycles. The molecule has 0 amide bonds. The minimum absolute atomic E-state index is 0.0350. The average Bonchev–Trinajstić information content (AvgIpc) is 2.86.